The van der Waals surface area contributed by atoms with Gasteiger partial charge in [-0.3, -0.25) is 4.79 Å². The molecule has 114 valence electrons. The van der Waals surface area contributed by atoms with E-state index in [1.54, 1.807) is 6.92 Å². The Morgan fingerprint density at radius 1 is 1.19 bits per heavy atom. The molecule has 0 bridgehead atoms. The highest BCUT2D eigenvalue weighted by Crippen LogP contribution is 2.32. The summed E-state index contributed by atoms with van der Waals surface area (Å²) in [5.41, 5.74) is 2.44. The summed E-state index contributed by atoms with van der Waals surface area (Å²) in [6.07, 6.45) is 7.90. The van der Waals surface area contributed by atoms with E-state index >= 15 is 0 Å². The van der Waals surface area contributed by atoms with Crippen LogP contribution in [-0.2, 0) is 4.79 Å². The normalized spacial score (nSPS) is 22.7. The monoisotopic (exact) mass is 287 g/mol. The molecule has 1 aromatic heterocycles. The van der Waals surface area contributed by atoms with Crippen molar-refractivity contribution in [2.75, 3.05) is 24.5 Å². The summed E-state index contributed by atoms with van der Waals surface area (Å²) in [5.74, 6) is 1.31. The number of hydrogen-bond donors (Lipinski definition) is 0. The van der Waals surface area contributed by atoms with Gasteiger partial charge >= 0.3 is 0 Å². The van der Waals surface area contributed by atoms with Gasteiger partial charge in [0.25, 0.3) is 0 Å². The number of carbonyl (C=O) groups excluding carboxylic acids is 1. The van der Waals surface area contributed by atoms with Gasteiger partial charge < -0.3 is 9.80 Å². The van der Waals surface area contributed by atoms with Crippen molar-refractivity contribution in [3.63, 3.8) is 0 Å². The average molecular weight is 287 g/mol. The number of aromatic nitrogens is 1. The minimum atomic E-state index is 0.181. The van der Waals surface area contributed by atoms with Crippen molar-refractivity contribution in [1.82, 2.24) is 9.88 Å². The number of hydrogen-bond acceptors (Lipinski definition) is 3. The standard InChI is InChI=1S/C17H25N3O/c1-13-11-15(12-18-17(13)19-8-5-6-9-19)16-7-3-4-10-20(16)14(2)21/h11-12,16H,3-10H2,1-2H3/t16-/m1/s1. The molecule has 3 heterocycles. The van der Waals surface area contributed by atoms with E-state index in [0.29, 0.717) is 0 Å². The summed E-state index contributed by atoms with van der Waals surface area (Å²) in [6.45, 7) is 6.95. The Kier molecular flexibility index (Phi) is 4.13. The van der Waals surface area contributed by atoms with Crippen LogP contribution >= 0.6 is 0 Å². The quantitative estimate of drug-likeness (QED) is 0.839. The molecule has 0 saturated carbocycles. The molecule has 0 aliphatic carbocycles. The second-order valence-corrected chi connectivity index (χ2v) is 6.33. The first kappa shape index (κ1) is 14.4. The molecule has 1 aromatic rings. The summed E-state index contributed by atoms with van der Waals surface area (Å²) in [4.78, 5) is 20.9. The molecule has 1 amide bonds. The Balaban J connectivity index is 1.84. The minimum Gasteiger partial charge on any atom is -0.356 e. The Labute approximate surface area is 127 Å². The van der Waals surface area contributed by atoms with Crippen molar-refractivity contribution in [2.24, 2.45) is 0 Å². The maximum Gasteiger partial charge on any atom is 0.219 e. The summed E-state index contributed by atoms with van der Waals surface area (Å²) in [5, 5.41) is 0. The molecule has 2 aliphatic heterocycles. The van der Waals surface area contributed by atoms with Crippen LogP contribution in [-0.4, -0.2) is 35.4 Å². The highest BCUT2D eigenvalue weighted by atomic mass is 16.2. The average Bonchev–Trinajstić information content (AvgIpc) is 3.01. The molecule has 4 heteroatoms. The fourth-order valence-corrected chi connectivity index (χ4v) is 3.69. The van der Waals surface area contributed by atoms with Gasteiger partial charge in [0.05, 0.1) is 6.04 Å². The second kappa shape index (κ2) is 6.04. The first-order valence-electron chi connectivity index (χ1n) is 8.15. The number of carbonyl (C=O) groups is 1. The lowest BCUT2D eigenvalue weighted by molar-refractivity contribution is -0.132. The third kappa shape index (κ3) is 2.89. The van der Waals surface area contributed by atoms with Crippen molar-refractivity contribution < 1.29 is 4.79 Å². The maximum atomic E-state index is 11.8. The molecule has 4 nitrogen and oxygen atoms in total. The zero-order valence-electron chi connectivity index (χ0n) is 13.1. The van der Waals surface area contributed by atoms with E-state index in [4.69, 9.17) is 4.98 Å². The molecule has 21 heavy (non-hydrogen) atoms. The predicted molar refractivity (Wildman–Crippen MR) is 84.4 cm³/mol. The second-order valence-electron chi connectivity index (χ2n) is 6.33. The van der Waals surface area contributed by atoms with Crippen LogP contribution < -0.4 is 4.90 Å². The molecule has 2 aliphatic rings. The number of rotatable bonds is 2. The molecule has 0 unspecified atom stereocenters. The van der Waals surface area contributed by atoms with E-state index in [2.05, 4.69) is 17.9 Å². The molecule has 2 fully saturated rings. The summed E-state index contributed by atoms with van der Waals surface area (Å²) in [7, 11) is 0. The zero-order chi connectivity index (χ0) is 14.8. The van der Waals surface area contributed by atoms with Crippen LogP contribution in [0.2, 0.25) is 0 Å². The largest absolute Gasteiger partial charge is 0.356 e. The molecule has 0 spiro atoms. The van der Waals surface area contributed by atoms with Gasteiger partial charge in [-0.05, 0) is 56.2 Å². The third-order valence-electron chi connectivity index (χ3n) is 4.77. The number of nitrogens with zero attached hydrogens (tertiary/aromatic N) is 3. The van der Waals surface area contributed by atoms with Gasteiger partial charge in [-0.1, -0.05) is 0 Å². The van der Waals surface area contributed by atoms with E-state index in [-0.39, 0.29) is 11.9 Å². The zero-order valence-corrected chi connectivity index (χ0v) is 13.1. The van der Waals surface area contributed by atoms with Crippen molar-refractivity contribution >= 4 is 11.7 Å². The molecule has 3 rings (SSSR count). The Morgan fingerprint density at radius 2 is 1.90 bits per heavy atom. The number of amides is 1. The number of aryl methyl sites for hydroxylation is 1. The van der Waals surface area contributed by atoms with Crippen LogP contribution in [0, 0.1) is 6.92 Å². The molecule has 1 atom stereocenters. The van der Waals surface area contributed by atoms with Crippen LogP contribution in [0.3, 0.4) is 0 Å². The van der Waals surface area contributed by atoms with E-state index < -0.39 is 0 Å². The lowest BCUT2D eigenvalue weighted by Crippen LogP contribution is -2.37. The fraction of sp³-hybridized carbons (Fsp3) is 0.647. The first-order valence-corrected chi connectivity index (χ1v) is 8.15. The van der Waals surface area contributed by atoms with Gasteiger partial charge in [0, 0.05) is 32.8 Å². The number of anilines is 1. The third-order valence-corrected chi connectivity index (χ3v) is 4.77. The van der Waals surface area contributed by atoms with E-state index in [0.717, 1.165) is 38.3 Å². The highest BCUT2D eigenvalue weighted by molar-refractivity contribution is 5.74. The van der Waals surface area contributed by atoms with E-state index in [1.807, 2.05) is 11.1 Å². The highest BCUT2D eigenvalue weighted by Gasteiger charge is 2.27. The van der Waals surface area contributed by atoms with Crippen molar-refractivity contribution in [3.05, 3.63) is 23.4 Å². The van der Waals surface area contributed by atoms with Crippen LogP contribution in [0.4, 0.5) is 5.82 Å². The molecular weight excluding hydrogens is 262 g/mol. The predicted octanol–water partition coefficient (Wildman–Crippen LogP) is 3.06. The van der Waals surface area contributed by atoms with Gasteiger partial charge in [0.1, 0.15) is 5.82 Å². The van der Waals surface area contributed by atoms with Crippen LogP contribution in [0.1, 0.15) is 56.2 Å². The minimum absolute atomic E-state index is 0.181. The van der Waals surface area contributed by atoms with Crippen LogP contribution in [0.25, 0.3) is 0 Å². The SMILES string of the molecule is CC(=O)N1CCCC[C@@H]1c1cnc(N2CCCC2)c(C)c1. The Hall–Kier alpha value is -1.58. The smallest absolute Gasteiger partial charge is 0.219 e. The van der Waals surface area contributed by atoms with Gasteiger partial charge in [0.15, 0.2) is 0 Å². The van der Waals surface area contributed by atoms with Crippen molar-refractivity contribution in [2.45, 2.75) is 52.0 Å². The lowest BCUT2D eigenvalue weighted by Gasteiger charge is -2.35. The molecule has 0 aromatic carbocycles. The Morgan fingerprint density at radius 3 is 2.57 bits per heavy atom. The van der Waals surface area contributed by atoms with E-state index in [9.17, 15) is 4.79 Å². The van der Waals surface area contributed by atoms with Crippen molar-refractivity contribution in [1.29, 1.82) is 0 Å². The molecule has 2 saturated heterocycles. The maximum absolute atomic E-state index is 11.8. The number of piperidine rings is 1. The van der Waals surface area contributed by atoms with Crippen molar-refractivity contribution in [3.8, 4) is 0 Å². The number of likely N-dealkylation sites (tertiary alicyclic amines) is 1. The van der Waals surface area contributed by atoms with Gasteiger partial charge in [0.2, 0.25) is 5.91 Å². The molecule has 0 N–H and O–H groups in total. The topological polar surface area (TPSA) is 36.4 Å². The summed E-state index contributed by atoms with van der Waals surface area (Å²) < 4.78 is 0. The van der Waals surface area contributed by atoms with Gasteiger partial charge in [-0.2, -0.15) is 0 Å². The lowest BCUT2D eigenvalue weighted by atomic mass is 9.95. The van der Waals surface area contributed by atoms with Gasteiger partial charge in [-0.25, -0.2) is 4.98 Å². The van der Waals surface area contributed by atoms with Crippen LogP contribution in [0.5, 0.6) is 0 Å². The summed E-state index contributed by atoms with van der Waals surface area (Å²) in [6, 6.07) is 2.46. The Bertz CT molecular complexity index is 523. The fourth-order valence-electron chi connectivity index (χ4n) is 3.69. The molecule has 0 radical (unpaired) electrons. The first-order chi connectivity index (χ1) is 10.2. The van der Waals surface area contributed by atoms with Gasteiger partial charge in [-0.15, -0.1) is 0 Å². The summed E-state index contributed by atoms with van der Waals surface area (Å²) >= 11 is 0. The number of pyridine rings is 1. The van der Waals surface area contributed by atoms with E-state index in [1.165, 1.54) is 30.4 Å². The molecular formula is C17H25N3O. The van der Waals surface area contributed by atoms with Crippen LogP contribution in [0.15, 0.2) is 12.3 Å².